The third-order valence-electron chi connectivity index (χ3n) is 3.99. The molecule has 3 rings (SSSR count). The molecule has 0 aromatic heterocycles. The molecule has 0 fully saturated rings. The van der Waals surface area contributed by atoms with Crippen LogP contribution in [-0.2, 0) is 9.53 Å². The van der Waals surface area contributed by atoms with E-state index in [-0.39, 0.29) is 11.3 Å². The number of nitro groups is 1. The largest absolute Gasteiger partial charge is 0.452 e. The maximum Gasteiger partial charge on any atom is 0.338 e. The number of halogens is 1. The van der Waals surface area contributed by atoms with E-state index in [0.29, 0.717) is 6.07 Å². The lowest BCUT2D eigenvalue weighted by Crippen LogP contribution is -2.21. The molecule has 3 aromatic rings. The average molecular weight is 394 g/mol. The standard InChI is InChI=1S/C21H15FN2O5/c22-17-10-11-18(19(12-17)24(27)28)23-20(25)13-29-21(26)16-8-6-15(7-9-16)14-4-2-1-3-5-14/h1-12H,13H2,(H,23,25). The van der Waals surface area contributed by atoms with E-state index in [1.165, 1.54) is 0 Å². The Labute approximate surface area is 164 Å². The van der Waals surface area contributed by atoms with E-state index in [0.717, 1.165) is 23.3 Å². The van der Waals surface area contributed by atoms with E-state index in [1.54, 1.807) is 24.3 Å². The van der Waals surface area contributed by atoms with Gasteiger partial charge >= 0.3 is 5.97 Å². The number of carbonyl (C=O) groups is 2. The molecule has 0 saturated carbocycles. The summed E-state index contributed by atoms with van der Waals surface area (Å²) >= 11 is 0. The Morgan fingerprint density at radius 2 is 1.62 bits per heavy atom. The maximum absolute atomic E-state index is 13.1. The summed E-state index contributed by atoms with van der Waals surface area (Å²) in [6.45, 7) is -0.645. The van der Waals surface area contributed by atoms with Gasteiger partial charge in [-0.15, -0.1) is 0 Å². The molecule has 29 heavy (non-hydrogen) atoms. The predicted octanol–water partition coefficient (Wildman–Crippen LogP) is 4.20. The third kappa shape index (κ3) is 5.01. The quantitative estimate of drug-likeness (QED) is 0.384. The van der Waals surface area contributed by atoms with Crippen molar-refractivity contribution in [3.05, 3.63) is 94.3 Å². The number of hydrogen-bond donors (Lipinski definition) is 1. The van der Waals surface area contributed by atoms with Gasteiger partial charge in [-0.1, -0.05) is 42.5 Å². The lowest BCUT2D eigenvalue weighted by Gasteiger charge is -2.08. The Morgan fingerprint density at radius 3 is 2.28 bits per heavy atom. The molecule has 7 nitrogen and oxygen atoms in total. The number of hydrogen-bond acceptors (Lipinski definition) is 5. The molecule has 0 aliphatic carbocycles. The molecule has 0 atom stereocenters. The van der Waals surface area contributed by atoms with Gasteiger partial charge in [0.1, 0.15) is 11.5 Å². The summed E-state index contributed by atoms with van der Waals surface area (Å²) in [7, 11) is 0. The summed E-state index contributed by atoms with van der Waals surface area (Å²) in [5.74, 6) is -2.30. The van der Waals surface area contributed by atoms with Gasteiger partial charge in [-0.3, -0.25) is 14.9 Å². The highest BCUT2D eigenvalue weighted by atomic mass is 19.1. The van der Waals surface area contributed by atoms with Crippen LogP contribution < -0.4 is 5.32 Å². The highest BCUT2D eigenvalue weighted by Crippen LogP contribution is 2.25. The zero-order valence-electron chi connectivity index (χ0n) is 15.0. The number of anilines is 1. The SMILES string of the molecule is O=C(COC(=O)c1ccc(-c2ccccc2)cc1)Nc1ccc(F)cc1[N+](=O)[O-]. The average Bonchev–Trinajstić information content (AvgIpc) is 2.74. The highest BCUT2D eigenvalue weighted by molar-refractivity contribution is 5.97. The fourth-order valence-corrected chi connectivity index (χ4v) is 2.59. The Bertz CT molecular complexity index is 1050. The zero-order valence-corrected chi connectivity index (χ0v) is 15.0. The van der Waals surface area contributed by atoms with Gasteiger partial charge in [0.25, 0.3) is 11.6 Å². The van der Waals surface area contributed by atoms with Gasteiger partial charge in [0, 0.05) is 0 Å². The molecule has 0 aliphatic heterocycles. The molecule has 0 bridgehead atoms. The molecule has 0 heterocycles. The topological polar surface area (TPSA) is 98.5 Å². The van der Waals surface area contributed by atoms with Crippen molar-refractivity contribution in [2.75, 3.05) is 11.9 Å². The van der Waals surface area contributed by atoms with Crippen molar-refractivity contribution in [3.8, 4) is 11.1 Å². The monoisotopic (exact) mass is 394 g/mol. The number of nitrogens with zero attached hydrogens (tertiary/aromatic N) is 1. The summed E-state index contributed by atoms with van der Waals surface area (Å²) in [4.78, 5) is 34.2. The third-order valence-corrected chi connectivity index (χ3v) is 3.99. The molecule has 8 heteroatoms. The molecular weight excluding hydrogens is 379 g/mol. The highest BCUT2D eigenvalue weighted by Gasteiger charge is 2.18. The number of carbonyl (C=O) groups excluding carboxylic acids is 2. The molecule has 0 spiro atoms. The van der Waals surface area contributed by atoms with Crippen molar-refractivity contribution in [1.82, 2.24) is 0 Å². The van der Waals surface area contributed by atoms with Gasteiger partial charge in [0.15, 0.2) is 6.61 Å². The van der Waals surface area contributed by atoms with Gasteiger partial charge in [0.05, 0.1) is 16.6 Å². The van der Waals surface area contributed by atoms with Gasteiger partial charge in [0.2, 0.25) is 0 Å². The van der Waals surface area contributed by atoms with Crippen molar-refractivity contribution in [2.24, 2.45) is 0 Å². The number of benzene rings is 3. The Morgan fingerprint density at radius 1 is 0.966 bits per heavy atom. The molecule has 1 amide bonds. The summed E-state index contributed by atoms with van der Waals surface area (Å²) in [6.07, 6.45) is 0. The van der Waals surface area contributed by atoms with E-state index in [2.05, 4.69) is 5.32 Å². The van der Waals surface area contributed by atoms with Gasteiger partial charge in [-0.05, 0) is 35.4 Å². The first-order chi connectivity index (χ1) is 13.9. The molecule has 0 unspecified atom stereocenters. The number of nitro benzene ring substituents is 1. The van der Waals surface area contributed by atoms with E-state index in [4.69, 9.17) is 4.74 Å². The second kappa shape index (κ2) is 8.75. The molecule has 1 N–H and O–H groups in total. The molecule has 146 valence electrons. The number of rotatable bonds is 6. The summed E-state index contributed by atoms with van der Waals surface area (Å²) in [6, 6.07) is 19.0. The second-order valence-electron chi connectivity index (χ2n) is 5.99. The van der Waals surface area contributed by atoms with Crippen LogP contribution in [0, 0.1) is 15.9 Å². The maximum atomic E-state index is 13.1. The Balaban J connectivity index is 1.59. The molecular formula is C21H15FN2O5. The Kier molecular flexibility index (Phi) is 5.94. The van der Waals surface area contributed by atoms with Gasteiger partial charge in [-0.2, -0.15) is 0 Å². The van der Waals surface area contributed by atoms with Crippen LogP contribution in [0.5, 0.6) is 0 Å². The van der Waals surface area contributed by atoms with Crippen LogP contribution in [0.15, 0.2) is 72.8 Å². The van der Waals surface area contributed by atoms with Crippen LogP contribution in [0.4, 0.5) is 15.8 Å². The van der Waals surface area contributed by atoms with E-state index < -0.39 is 34.9 Å². The zero-order chi connectivity index (χ0) is 20.8. The van der Waals surface area contributed by atoms with E-state index in [1.807, 2.05) is 30.3 Å². The normalized spacial score (nSPS) is 10.2. The second-order valence-corrected chi connectivity index (χ2v) is 5.99. The summed E-state index contributed by atoms with van der Waals surface area (Å²) in [5.41, 5.74) is 1.38. The van der Waals surface area contributed by atoms with Crippen molar-refractivity contribution >= 4 is 23.3 Å². The van der Waals surface area contributed by atoms with Crippen molar-refractivity contribution < 1.29 is 23.6 Å². The number of amides is 1. The Hall–Kier alpha value is -4.07. The van der Waals surface area contributed by atoms with Gasteiger partial charge in [-0.25, -0.2) is 9.18 Å². The summed E-state index contributed by atoms with van der Waals surface area (Å²) in [5, 5.41) is 13.2. The van der Waals surface area contributed by atoms with E-state index in [9.17, 15) is 24.1 Å². The lowest BCUT2D eigenvalue weighted by molar-refractivity contribution is -0.384. The van der Waals surface area contributed by atoms with Crippen LogP contribution >= 0.6 is 0 Å². The van der Waals surface area contributed by atoms with Crippen molar-refractivity contribution in [1.29, 1.82) is 0 Å². The predicted molar refractivity (Wildman–Crippen MR) is 104 cm³/mol. The number of esters is 1. The first-order valence-corrected chi connectivity index (χ1v) is 8.50. The van der Waals surface area contributed by atoms with Crippen LogP contribution in [0.3, 0.4) is 0 Å². The van der Waals surface area contributed by atoms with E-state index >= 15 is 0 Å². The van der Waals surface area contributed by atoms with Crippen LogP contribution in [0.25, 0.3) is 11.1 Å². The first kappa shape index (κ1) is 19.7. The van der Waals surface area contributed by atoms with Crippen molar-refractivity contribution in [3.63, 3.8) is 0 Å². The molecule has 0 saturated heterocycles. The number of nitrogens with one attached hydrogen (secondary N) is 1. The van der Waals surface area contributed by atoms with Gasteiger partial charge < -0.3 is 10.1 Å². The fraction of sp³-hybridized carbons (Fsp3) is 0.0476. The lowest BCUT2D eigenvalue weighted by atomic mass is 10.0. The van der Waals surface area contributed by atoms with Crippen LogP contribution in [-0.4, -0.2) is 23.4 Å². The first-order valence-electron chi connectivity index (χ1n) is 8.50. The minimum atomic E-state index is -0.820. The minimum absolute atomic E-state index is 0.190. The molecule has 0 radical (unpaired) electrons. The van der Waals surface area contributed by atoms with Crippen LogP contribution in [0.2, 0.25) is 0 Å². The minimum Gasteiger partial charge on any atom is -0.452 e. The molecule has 3 aromatic carbocycles. The summed E-state index contributed by atoms with van der Waals surface area (Å²) < 4.78 is 18.1. The van der Waals surface area contributed by atoms with Crippen molar-refractivity contribution in [2.45, 2.75) is 0 Å². The molecule has 0 aliphatic rings. The van der Waals surface area contributed by atoms with Crippen LogP contribution in [0.1, 0.15) is 10.4 Å². The fourth-order valence-electron chi connectivity index (χ4n) is 2.59. The number of ether oxygens (including phenoxy) is 1. The smallest absolute Gasteiger partial charge is 0.338 e.